The molecule has 168 valence electrons. The first-order valence-corrected chi connectivity index (χ1v) is 12.9. The molecule has 0 N–H and O–H groups in total. The third-order valence-corrected chi connectivity index (χ3v) is 8.51. The van der Waals surface area contributed by atoms with Crippen LogP contribution >= 0.6 is 16.1 Å². The maximum atomic E-state index is 12.1. The van der Waals surface area contributed by atoms with E-state index in [4.69, 9.17) is 28.1 Å². The highest BCUT2D eigenvalue weighted by molar-refractivity contribution is 7.53. The van der Waals surface area contributed by atoms with Gasteiger partial charge in [0.2, 0.25) is 0 Å². The van der Waals surface area contributed by atoms with E-state index in [2.05, 4.69) is 38.4 Å². The minimum atomic E-state index is -2.97. The van der Waals surface area contributed by atoms with Crippen molar-refractivity contribution in [1.29, 1.82) is 5.26 Å². The molecule has 0 amide bonds. The van der Waals surface area contributed by atoms with Gasteiger partial charge in [-0.3, -0.25) is 4.57 Å². The SMILES string of the molecule is COP(=O)(CCC[C@H]1C=C[C@H](OP(OCCC#N)N(C(C)C)C(C)C)CO1)OC. The summed E-state index contributed by atoms with van der Waals surface area (Å²) >= 11 is 0. The van der Waals surface area contributed by atoms with Crippen LogP contribution < -0.4 is 0 Å². The quantitative estimate of drug-likeness (QED) is 0.210. The number of nitrogens with zero attached hydrogens (tertiary/aromatic N) is 2. The van der Waals surface area contributed by atoms with E-state index in [9.17, 15) is 4.57 Å². The Balaban J connectivity index is 2.61. The minimum absolute atomic E-state index is 0.0472. The van der Waals surface area contributed by atoms with Crippen LogP contribution in [-0.4, -0.2) is 62.6 Å². The van der Waals surface area contributed by atoms with E-state index in [1.165, 1.54) is 14.2 Å². The summed E-state index contributed by atoms with van der Waals surface area (Å²) < 4.78 is 42.2. The Labute approximate surface area is 177 Å². The highest BCUT2D eigenvalue weighted by Crippen LogP contribution is 2.48. The molecule has 0 spiro atoms. The molecule has 29 heavy (non-hydrogen) atoms. The van der Waals surface area contributed by atoms with Gasteiger partial charge in [-0.15, -0.1) is 0 Å². The Hall–Kier alpha value is -0.350. The van der Waals surface area contributed by atoms with Crippen molar-refractivity contribution in [3.8, 4) is 6.07 Å². The highest BCUT2D eigenvalue weighted by atomic mass is 31.2. The molecule has 1 aliphatic rings. The smallest absolute Gasteiger partial charge is 0.330 e. The van der Waals surface area contributed by atoms with Gasteiger partial charge < -0.3 is 22.8 Å². The van der Waals surface area contributed by atoms with Crippen molar-refractivity contribution in [2.24, 2.45) is 0 Å². The number of rotatable bonds is 14. The fourth-order valence-electron chi connectivity index (χ4n) is 2.98. The Kier molecular flexibility index (Phi) is 12.7. The van der Waals surface area contributed by atoms with Gasteiger partial charge in [-0.1, -0.05) is 12.2 Å². The Bertz CT molecular complexity index is 566. The lowest BCUT2D eigenvalue weighted by molar-refractivity contribution is 0.0139. The number of hydrogen-bond donors (Lipinski definition) is 0. The van der Waals surface area contributed by atoms with Crippen molar-refractivity contribution in [2.75, 3.05) is 33.6 Å². The van der Waals surface area contributed by atoms with Crippen molar-refractivity contribution in [3.63, 3.8) is 0 Å². The fraction of sp³-hybridized carbons (Fsp3) is 0.842. The van der Waals surface area contributed by atoms with Gasteiger partial charge in [0.25, 0.3) is 8.53 Å². The molecule has 0 radical (unpaired) electrons. The molecule has 1 unspecified atom stereocenters. The van der Waals surface area contributed by atoms with Gasteiger partial charge in [0.05, 0.1) is 38.0 Å². The predicted molar refractivity (Wildman–Crippen MR) is 115 cm³/mol. The van der Waals surface area contributed by atoms with Gasteiger partial charge in [-0.25, -0.2) is 4.67 Å². The van der Waals surface area contributed by atoms with Crippen LogP contribution in [0, 0.1) is 11.3 Å². The second kappa shape index (κ2) is 13.9. The Morgan fingerprint density at radius 3 is 2.38 bits per heavy atom. The normalized spacial score (nSPS) is 21.1. The summed E-state index contributed by atoms with van der Waals surface area (Å²) in [6.45, 7) is 9.19. The van der Waals surface area contributed by atoms with Crippen molar-refractivity contribution < 1.29 is 27.4 Å². The standard InChI is InChI=1S/C19H36N2O6P2/c1-16(2)21(17(3)4)28(26-13-8-12-20)27-19-11-10-18(25-15-19)9-7-14-29(22,23-5)24-6/h10-11,16-19H,7-9,13-15H2,1-6H3/t18-,19-,28?/m0/s1. The molecule has 1 heterocycles. The lowest BCUT2D eigenvalue weighted by Crippen LogP contribution is -2.35. The third-order valence-electron chi connectivity index (χ3n) is 4.38. The summed E-state index contributed by atoms with van der Waals surface area (Å²) in [5, 5.41) is 8.80. The molecule has 1 rings (SSSR count). The Morgan fingerprint density at radius 2 is 1.90 bits per heavy atom. The zero-order valence-electron chi connectivity index (χ0n) is 18.4. The maximum Gasteiger partial charge on any atom is 0.330 e. The lowest BCUT2D eigenvalue weighted by Gasteiger charge is -2.37. The molecular formula is C19H36N2O6P2. The van der Waals surface area contributed by atoms with E-state index in [-0.39, 0.29) is 24.3 Å². The molecule has 8 nitrogen and oxygen atoms in total. The highest BCUT2D eigenvalue weighted by Gasteiger charge is 2.30. The van der Waals surface area contributed by atoms with Crippen LogP contribution in [0.5, 0.6) is 0 Å². The first-order chi connectivity index (χ1) is 13.8. The second-order valence-corrected chi connectivity index (χ2v) is 11.1. The van der Waals surface area contributed by atoms with Gasteiger partial charge in [0.1, 0.15) is 6.10 Å². The van der Waals surface area contributed by atoms with Gasteiger partial charge >= 0.3 is 7.60 Å². The molecule has 0 aromatic heterocycles. The fourth-order valence-corrected chi connectivity index (χ4v) is 5.73. The molecular weight excluding hydrogens is 414 g/mol. The number of nitriles is 1. The number of ether oxygens (including phenoxy) is 1. The van der Waals surface area contributed by atoms with E-state index >= 15 is 0 Å². The molecule has 0 fully saturated rings. The first-order valence-electron chi connectivity index (χ1n) is 10.0. The molecule has 0 aromatic rings. The molecule has 0 aromatic carbocycles. The van der Waals surface area contributed by atoms with Crippen molar-refractivity contribution in [3.05, 3.63) is 12.2 Å². The van der Waals surface area contributed by atoms with Crippen LogP contribution in [-0.2, 0) is 27.4 Å². The van der Waals surface area contributed by atoms with Crippen LogP contribution in [0.4, 0.5) is 0 Å². The monoisotopic (exact) mass is 450 g/mol. The number of hydrogen-bond acceptors (Lipinski definition) is 8. The van der Waals surface area contributed by atoms with E-state index in [1.807, 2.05) is 12.2 Å². The van der Waals surface area contributed by atoms with E-state index in [0.717, 1.165) is 6.42 Å². The average molecular weight is 450 g/mol. The second-order valence-electron chi connectivity index (χ2n) is 7.29. The lowest BCUT2D eigenvalue weighted by atomic mass is 10.1. The summed E-state index contributed by atoms with van der Waals surface area (Å²) in [6.07, 6.45) is 5.84. The zero-order valence-corrected chi connectivity index (χ0v) is 20.2. The average Bonchev–Trinajstić information content (AvgIpc) is 2.68. The molecule has 0 bridgehead atoms. The summed E-state index contributed by atoms with van der Waals surface area (Å²) in [5.41, 5.74) is 0. The van der Waals surface area contributed by atoms with Crippen molar-refractivity contribution >= 4 is 16.1 Å². The van der Waals surface area contributed by atoms with E-state index in [0.29, 0.717) is 32.2 Å². The van der Waals surface area contributed by atoms with E-state index < -0.39 is 16.1 Å². The van der Waals surface area contributed by atoms with Crippen molar-refractivity contribution in [1.82, 2.24) is 4.67 Å². The molecule has 1 aliphatic heterocycles. The van der Waals surface area contributed by atoms with Gasteiger partial charge in [-0.05, 0) is 40.5 Å². The van der Waals surface area contributed by atoms with Gasteiger partial charge in [0.15, 0.2) is 0 Å². The molecule has 0 aliphatic carbocycles. The van der Waals surface area contributed by atoms with Crippen LogP contribution in [0.1, 0.15) is 47.0 Å². The van der Waals surface area contributed by atoms with Crippen LogP contribution in [0.25, 0.3) is 0 Å². The van der Waals surface area contributed by atoms with Crippen LogP contribution in [0.15, 0.2) is 12.2 Å². The molecule has 0 saturated heterocycles. The first kappa shape index (κ1) is 26.7. The zero-order chi connectivity index (χ0) is 21.9. The summed E-state index contributed by atoms with van der Waals surface area (Å²) in [6, 6.07) is 2.61. The van der Waals surface area contributed by atoms with Gasteiger partial charge in [-0.2, -0.15) is 5.26 Å². The predicted octanol–water partition coefficient (Wildman–Crippen LogP) is 4.87. The molecule has 3 atom stereocenters. The largest absolute Gasteiger partial charge is 0.371 e. The van der Waals surface area contributed by atoms with Crippen LogP contribution in [0.2, 0.25) is 0 Å². The topological polar surface area (TPSA) is 90.3 Å². The summed E-state index contributed by atoms with van der Waals surface area (Å²) in [7, 11) is -1.47. The maximum absolute atomic E-state index is 12.1. The minimum Gasteiger partial charge on any atom is -0.371 e. The molecule has 10 heteroatoms. The Morgan fingerprint density at radius 1 is 1.24 bits per heavy atom. The summed E-state index contributed by atoms with van der Waals surface area (Å²) in [5.74, 6) is 0. The summed E-state index contributed by atoms with van der Waals surface area (Å²) in [4.78, 5) is 0. The molecule has 0 saturated carbocycles. The van der Waals surface area contributed by atoms with Gasteiger partial charge in [0, 0.05) is 26.3 Å². The van der Waals surface area contributed by atoms with Crippen molar-refractivity contribution in [2.45, 2.75) is 71.2 Å². The third kappa shape index (κ3) is 9.55. The van der Waals surface area contributed by atoms with Crippen LogP contribution in [0.3, 0.4) is 0 Å². The van der Waals surface area contributed by atoms with E-state index in [1.54, 1.807) is 0 Å².